The fourth-order valence-electron chi connectivity index (χ4n) is 4.64. The first-order valence-corrected chi connectivity index (χ1v) is 10.3. The zero-order valence-electron chi connectivity index (χ0n) is 16.4. The van der Waals surface area contributed by atoms with Crippen molar-refractivity contribution in [1.82, 2.24) is 19.4 Å². The molecule has 2 bridgehead atoms. The molecule has 0 unspecified atom stereocenters. The molecule has 1 N–H and O–H groups in total. The van der Waals surface area contributed by atoms with E-state index in [4.69, 9.17) is 0 Å². The second kappa shape index (κ2) is 7.91. The van der Waals surface area contributed by atoms with Crippen LogP contribution in [0.2, 0.25) is 0 Å². The number of imidazole rings is 1. The fraction of sp³-hybridized carbons (Fsp3) is 0.571. The number of rotatable bonds is 6. The molecule has 0 spiro atoms. The van der Waals surface area contributed by atoms with Crippen LogP contribution < -0.4 is 0 Å². The van der Waals surface area contributed by atoms with Crippen molar-refractivity contribution in [3.63, 3.8) is 0 Å². The second-order valence-corrected chi connectivity index (χ2v) is 7.83. The van der Waals surface area contributed by atoms with E-state index in [1.165, 1.54) is 0 Å². The standard InChI is InChI=1S/C21H28N4O3/c1-2-10-24-16-8-7-15(21(24)28)12-23(13-16)20(27)9-11-25-18-6-4-3-5-17(18)22-19(25)14-26/h3-6,15-16,26H,2,7-14H2,1H3/t15-,16+/m0/s1. The smallest absolute Gasteiger partial charge is 0.227 e. The molecule has 150 valence electrons. The Hall–Kier alpha value is -2.41. The summed E-state index contributed by atoms with van der Waals surface area (Å²) < 4.78 is 1.92. The zero-order chi connectivity index (χ0) is 19.7. The van der Waals surface area contributed by atoms with E-state index in [2.05, 4.69) is 11.9 Å². The number of carbonyl (C=O) groups excluding carboxylic acids is 2. The van der Waals surface area contributed by atoms with Crippen LogP contribution in [0, 0.1) is 5.92 Å². The molecule has 2 amide bonds. The molecule has 3 aliphatic heterocycles. The number of aryl methyl sites for hydroxylation is 1. The molecule has 3 fully saturated rings. The lowest BCUT2D eigenvalue weighted by Crippen LogP contribution is -2.48. The van der Waals surface area contributed by atoms with Gasteiger partial charge in [0.2, 0.25) is 11.8 Å². The average molecular weight is 384 g/mol. The predicted octanol–water partition coefficient (Wildman–Crippen LogP) is 1.78. The zero-order valence-corrected chi connectivity index (χ0v) is 16.4. The first-order chi connectivity index (χ1) is 13.6. The highest BCUT2D eigenvalue weighted by Crippen LogP contribution is 2.29. The SMILES string of the molecule is CCCN1C(=O)[C@H]2CC[C@@H]1CN(C(=O)CCn1c(CO)nc3ccccc31)C2. The van der Waals surface area contributed by atoms with Crippen LogP contribution in [0.5, 0.6) is 0 Å². The van der Waals surface area contributed by atoms with Crippen LogP contribution in [0.1, 0.15) is 38.4 Å². The van der Waals surface area contributed by atoms with Crippen molar-refractivity contribution in [2.24, 2.45) is 5.92 Å². The van der Waals surface area contributed by atoms with Gasteiger partial charge in [-0.15, -0.1) is 0 Å². The van der Waals surface area contributed by atoms with Crippen LogP contribution in [0.15, 0.2) is 24.3 Å². The van der Waals surface area contributed by atoms with Gasteiger partial charge in [-0.25, -0.2) is 4.98 Å². The number of carbonyl (C=O) groups is 2. The lowest BCUT2D eigenvalue weighted by atomic mass is 9.94. The molecule has 0 saturated carbocycles. The topological polar surface area (TPSA) is 78.7 Å². The van der Waals surface area contributed by atoms with E-state index in [0.717, 1.165) is 36.8 Å². The van der Waals surface area contributed by atoms with E-state index in [1.54, 1.807) is 0 Å². The molecule has 2 atom stereocenters. The summed E-state index contributed by atoms with van der Waals surface area (Å²) in [6, 6.07) is 7.87. The average Bonchev–Trinajstić information content (AvgIpc) is 2.83. The second-order valence-electron chi connectivity index (χ2n) is 7.83. The third-order valence-electron chi connectivity index (χ3n) is 6.03. The first-order valence-electron chi connectivity index (χ1n) is 10.3. The van der Waals surface area contributed by atoms with Crippen LogP contribution in [-0.4, -0.2) is 61.9 Å². The molecule has 2 aromatic rings. The van der Waals surface area contributed by atoms with Gasteiger partial charge in [0.25, 0.3) is 0 Å². The Kier molecular flexibility index (Phi) is 5.35. The van der Waals surface area contributed by atoms with Gasteiger partial charge >= 0.3 is 0 Å². The van der Waals surface area contributed by atoms with E-state index < -0.39 is 0 Å². The van der Waals surface area contributed by atoms with Crippen LogP contribution in [0.25, 0.3) is 11.0 Å². The lowest BCUT2D eigenvalue weighted by molar-refractivity contribution is -0.139. The van der Waals surface area contributed by atoms with Gasteiger partial charge in [-0.05, 0) is 31.4 Å². The number of para-hydroxylation sites is 2. The molecule has 1 aromatic heterocycles. The minimum atomic E-state index is -0.156. The number of aromatic nitrogens is 2. The van der Waals surface area contributed by atoms with Gasteiger partial charge in [0.1, 0.15) is 12.4 Å². The van der Waals surface area contributed by atoms with Crippen LogP contribution in [-0.2, 0) is 22.7 Å². The fourth-order valence-corrected chi connectivity index (χ4v) is 4.64. The van der Waals surface area contributed by atoms with E-state index in [9.17, 15) is 14.7 Å². The summed E-state index contributed by atoms with van der Waals surface area (Å²) in [6.07, 6.45) is 3.16. The summed E-state index contributed by atoms with van der Waals surface area (Å²) in [5.74, 6) is 0.812. The molecule has 7 heteroatoms. The maximum atomic E-state index is 13.0. The Morgan fingerprint density at radius 2 is 2.04 bits per heavy atom. The number of benzene rings is 1. The minimum absolute atomic E-state index is 0.0590. The predicted molar refractivity (Wildman–Crippen MR) is 105 cm³/mol. The van der Waals surface area contributed by atoms with E-state index >= 15 is 0 Å². The lowest BCUT2D eigenvalue weighted by Gasteiger charge is -2.35. The number of nitrogens with zero attached hydrogens (tertiary/aromatic N) is 4. The first kappa shape index (κ1) is 18.9. The van der Waals surface area contributed by atoms with Crippen molar-refractivity contribution in [3.05, 3.63) is 30.1 Å². The highest BCUT2D eigenvalue weighted by molar-refractivity contribution is 5.83. The van der Waals surface area contributed by atoms with Gasteiger partial charge in [0.05, 0.1) is 17.0 Å². The maximum absolute atomic E-state index is 13.0. The summed E-state index contributed by atoms with van der Waals surface area (Å²) in [7, 11) is 0. The molecular weight excluding hydrogens is 356 g/mol. The third kappa shape index (κ3) is 3.39. The van der Waals surface area contributed by atoms with Crippen molar-refractivity contribution in [2.45, 2.75) is 51.8 Å². The molecule has 7 nitrogen and oxygen atoms in total. The summed E-state index contributed by atoms with van der Waals surface area (Å²) in [6.45, 7) is 4.36. The van der Waals surface area contributed by atoms with Gasteiger partial charge in [-0.2, -0.15) is 0 Å². The summed E-state index contributed by atoms with van der Waals surface area (Å²) in [5, 5.41) is 9.64. The molecule has 3 aliphatic rings. The maximum Gasteiger partial charge on any atom is 0.227 e. The quantitative estimate of drug-likeness (QED) is 0.823. The monoisotopic (exact) mass is 384 g/mol. The largest absolute Gasteiger partial charge is 0.388 e. The Balaban J connectivity index is 1.47. The molecule has 5 rings (SSSR count). The van der Waals surface area contributed by atoms with Crippen LogP contribution in [0.4, 0.5) is 0 Å². The van der Waals surface area contributed by atoms with Crippen molar-refractivity contribution in [2.75, 3.05) is 19.6 Å². The van der Waals surface area contributed by atoms with Crippen molar-refractivity contribution < 1.29 is 14.7 Å². The van der Waals surface area contributed by atoms with Gasteiger partial charge < -0.3 is 19.5 Å². The van der Waals surface area contributed by atoms with Gasteiger partial charge in [0, 0.05) is 38.6 Å². The molecule has 0 radical (unpaired) electrons. The number of amides is 2. The number of piperidine rings is 1. The van der Waals surface area contributed by atoms with Gasteiger partial charge in [-0.3, -0.25) is 9.59 Å². The molecule has 0 aliphatic carbocycles. The van der Waals surface area contributed by atoms with E-state index in [0.29, 0.717) is 31.9 Å². The van der Waals surface area contributed by atoms with Crippen molar-refractivity contribution in [3.8, 4) is 0 Å². The Morgan fingerprint density at radius 1 is 1.21 bits per heavy atom. The highest BCUT2D eigenvalue weighted by Gasteiger charge is 2.41. The number of fused-ring (bicyclic) bond motifs is 5. The molecule has 28 heavy (non-hydrogen) atoms. The molecular formula is C21H28N4O3. The minimum Gasteiger partial charge on any atom is -0.388 e. The summed E-state index contributed by atoms with van der Waals surface area (Å²) >= 11 is 0. The Morgan fingerprint density at radius 3 is 2.82 bits per heavy atom. The van der Waals surface area contributed by atoms with Crippen LogP contribution in [0.3, 0.4) is 0 Å². The van der Waals surface area contributed by atoms with Gasteiger partial charge in [-0.1, -0.05) is 19.1 Å². The summed E-state index contributed by atoms with van der Waals surface area (Å²) in [5.41, 5.74) is 1.76. The summed E-state index contributed by atoms with van der Waals surface area (Å²) in [4.78, 5) is 34.0. The number of aliphatic hydroxyl groups is 1. The number of hydrogen-bond acceptors (Lipinski definition) is 4. The van der Waals surface area contributed by atoms with E-state index in [-0.39, 0.29) is 30.4 Å². The molecule has 4 heterocycles. The molecule has 1 aromatic carbocycles. The Labute approximate surface area is 164 Å². The molecule has 3 saturated heterocycles. The van der Waals surface area contributed by atoms with Crippen LogP contribution >= 0.6 is 0 Å². The van der Waals surface area contributed by atoms with Crippen molar-refractivity contribution >= 4 is 22.8 Å². The number of aliphatic hydroxyl groups excluding tert-OH is 1. The third-order valence-corrected chi connectivity index (χ3v) is 6.03. The van der Waals surface area contributed by atoms with E-state index in [1.807, 2.05) is 38.6 Å². The Bertz CT molecular complexity index is 878. The number of hydrogen-bond donors (Lipinski definition) is 1. The van der Waals surface area contributed by atoms with Gasteiger partial charge in [0.15, 0.2) is 0 Å². The van der Waals surface area contributed by atoms with Crippen molar-refractivity contribution in [1.29, 1.82) is 0 Å². The highest BCUT2D eigenvalue weighted by atomic mass is 16.3. The normalized spacial score (nSPS) is 22.1.